The highest BCUT2D eigenvalue weighted by molar-refractivity contribution is 6.07. The molecule has 3 N–H and O–H groups in total. The number of ether oxygens (including phenoxy) is 1. The number of amides is 1. The summed E-state index contributed by atoms with van der Waals surface area (Å²) < 4.78 is 46.5. The Morgan fingerprint density at radius 2 is 2.09 bits per heavy atom. The van der Waals surface area contributed by atoms with E-state index in [9.17, 15) is 18.0 Å². The maximum atomic E-state index is 13.6. The summed E-state index contributed by atoms with van der Waals surface area (Å²) in [5.41, 5.74) is 0.212. The molecule has 1 aliphatic rings. The smallest absolute Gasteiger partial charge is 0.419 e. The van der Waals surface area contributed by atoms with Gasteiger partial charge in [0, 0.05) is 30.2 Å². The number of anilines is 2. The summed E-state index contributed by atoms with van der Waals surface area (Å²) in [5.74, 6) is -0.544. The van der Waals surface area contributed by atoms with Gasteiger partial charge in [-0.25, -0.2) is 15.0 Å². The number of hydrogen-bond donors (Lipinski definition) is 3. The molecule has 3 heterocycles. The van der Waals surface area contributed by atoms with Crippen molar-refractivity contribution in [2.75, 3.05) is 17.2 Å². The van der Waals surface area contributed by atoms with E-state index < -0.39 is 23.8 Å². The molecule has 2 aromatic heterocycles. The highest BCUT2D eigenvalue weighted by atomic mass is 19.4. The molecule has 11 heteroatoms. The predicted octanol–water partition coefficient (Wildman–Crippen LogP) is 4.27. The molecule has 0 saturated carbocycles. The second kappa shape index (κ2) is 10.7. The molecule has 35 heavy (non-hydrogen) atoms. The average molecular weight is 486 g/mol. The van der Waals surface area contributed by atoms with Crippen LogP contribution in [-0.4, -0.2) is 39.5 Å². The molecular weight excluding hydrogens is 461 g/mol. The molecule has 0 radical (unpaired) electrons. The van der Waals surface area contributed by atoms with Crippen LogP contribution in [0.5, 0.6) is 5.75 Å². The van der Waals surface area contributed by atoms with Crippen molar-refractivity contribution < 1.29 is 22.7 Å². The van der Waals surface area contributed by atoms with E-state index in [-0.39, 0.29) is 23.0 Å². The van der Waals surface area contributed by atoms with Crippen LogP contribution in [-0.2, 0) is 12.7 Å². The van der Waals surface area contributed by atoms with E-state index in [4.69, 9.17) is 4.74 Å². The van der Waals surface area contributed by atoms with Crippen molar-refractivity contribution in [3.05, 3.63) is 71.9 Å². The molecule has 0 bridgehead atoms. The molecule has 1 aromatic carbocycles. The van der Waals surface area contributed by atoms with Crippen molar-refractivity contribution in [3.63, 3.8) is 0 Å². The van der Waals surface area contributed by atoms with Crippen LogP contribution in [0.25, 0.3) is 0 Å². The first-order valence-corrected chi connectivity index (χ1v) is 11.2. The van der Waals surface area contributed by atoms with Gasteiger partial charge in [0.05, 0.1) is 23.4 Å². The second-order valence-electron chi connectivity index (χ2n) is 8.14. The normalized spacial score (nSPS) is 16.5. The SMILES string of the molecule is CC(Oc1cc(NC(=O)c2cccnc2NCc2ccncn2)ccc1C(F)(F)F)C1CCCN1. The number of alkyl halides is 3. The zero-order valence-corrected chi connectivity index (χ0v) is 19.0. The Labute approximate surface area is 200 Å². The third-order valence-electron chi connectivity index (χ3n) is 5.66. The molecule has 4 rings (SSSR count). The van der Waals surface area contributed by atoms with E-state index in [1.807, 2.05) is 0 Å². The summed E-state index contributed by atoms with van der Waals surface area (Å²) in [6, 6.07) is 8.18. The van der Waals surface area contributed by atoms with Gasteiger partial charge >= 0.3 is 6.18 Å². The number of nitrogens with zero attached hydrogens (tertiary/aromatic N) is 3. The zero-order valence-electron chi connectivity index (χ0n) is 19.0. The van der Waals surface area contributed by atoms with Crippen LogP contribution in [0.15, 0.2) is 55.1 Å². The largest absolute Gasteiger partial charge is 0.488 e. The van der Waals surface area contributed by atoms with E-state index >= 15 is 0 Å². The zero-order chi connectivity index (χ0) is 24.8. The minimum atomic E-state index is -4.60. The molecule has 0 aliphatic carbocycles. The van der Waals surface area contributed by atoms with Crippen LogP contribution in [0, 0.1) is 0 Å². The van der Waals surface area contributed by atoms with Crippen LogP contribution in [0.2, 0.25) is 0 Å². The summed E-state index contributed by atoms with van der Waals surface area (Å²) in [7, 11) is 0. The third-order valence-corrected chi connectivity index (χ3v) is 5.66. The molecule has 0 spiro atoms. The summed E-state index contributed by atoms with van der Waals surface area (Å²) >= 11 is 0. The lowest BCUT2D eigenvalue weighted by molar-refractivity contribution is -0.139. The van der Waals surface area contributed by atoms with E-state index in [1.165, 1.54) is 24.7 Å². The summed E-state index contributed by atoms with van der Waals surface area (Å²) in [4.78, 5) is 25.2. The highest BCUT2D eigenvalue weighted by Crippen LogP contribution is 2.38. The fourth-order valence-corrected chi connectivity index (χ4v) is 3.85. The lowest BCUT2D eigenvalue weighted by atomic mass is 10.1. The van der Waals surface area contributed by atoms with Gasteiger partial charge in [0.2, 0.25) is 0 Å². The number of nitrogens with one attached hydrogen (secondary N) is 3. The quantitative estimate of drug-likeness (QED) is 0.437. The molecule has 3 aromatic rings. The van der Waals surface area contributed by atoms with Crippen molar-refractivity contribution >= 4 is 17.4 Å². The molecule has 2 unspecified atom stereocenters. The van der Waals surface area contributed by atoms with E-state index in [1.54, 1.807) is 31.3 Å². The van der Waals surface area contributed by atoms with Gasteiger partial charge in [0.15, 0.2) is 0 Å². The van der Waals surface area contributed by atoms with E-state index in [0.29, 0.717) is 18.1 Å². The molecule has 8 nitrogen and oxygen atoms in total. The van der Waals surface area contributed by atoms with Gasteiger partial charge in [-0.1, -0.05) is 0 Å². The van der Waals surface area contributed by atoms with Crippen LogP contribution in [0.1, 0.15) is 41.4 Å². The number of pyridine rings is 1. The summed E-state index contributed by atoms with van der Waals surface area (Å²) in [6.07, 6.45) is 1.25. The Morgan fingerprint density at radius 3 is 2.80 bits per heavy atom. The number of aromatic nitrogens is 3. The Morgan fingerprint density at radius 1 is 1.23 bits per heavy atom. The molecular formula is C24H25F3N6O2. The van der Waals surface area contributed by atoms with Crippen LogP contribution < -0.4 is 20.7 Å². The van der Waals surface area contributed by atoms with Crippen LogP contribution in [0.3, 0.4) is 0 Å². The van der Waals surface area contributed by atoms with Gasteiger partial charge in [-0.2, -0.15) is 13.2 Å². The number of carbonyl (C=O) groups excluding carboxylic acids is 1. The Hall–Kier alpha value is -3.73. The van der Waals surface area contributed by atoms with Crippen molar-refractivity contribution in [2.24, 2.45) is 0 Å². The van der Waals surface area contributed by atoms with Crippen LogP contribution in [0.4, 0.5) is 24.7 Å². The van der Waals surface area contributed by atoms with Gasteiger partial charge < -0.3 is 20.7 Å². The van der Waals surface area contributed by atoms with Crippen molar-refractivity contribution in [1.82, 2.24) is 20.3 Å². The van der Waals surface area contributed by atoms with Crippen molar-refractivity contribution in [2.45, 2.75) is 44.6 Å². The first-order chi connectivity index (χ1) is 16.8. The third kappa shape index (κ3) is 6.24. The van der Waals surface area contributed by atoms with Crippen molar-refractivity contribution in [1.29, 1.82) is 0 Å². The average Bonchev–Trinajstić information content (AvgIpc) is 3.38. The first kappa shape index (κ1) is 24.4. The summed E-state index contributed by atoms with van der Waals surface area (Å²) in [5, 5.41) is 8.94. The molecule has 1 fully saturated rings. The maximum Gasteiger partial charge on any atom is 0.419 e. The number of benzene rings is 1. The number of carbonyl (C=O) groups is 1. The molecule has 1 amide bonds. The number of hydrogen-bond acceptors (Lipinski definition) is 7. The topological polar surface area (TPSA) is 101 Å². The van der Waals surface area contributed by atoms with Gasteiger partial charge in [0.25, 0.3) is 5.91 Å². The molecule has 2 atom stereocenters. The van der Waals surface area contributed by atoms with E-state index in [2.05, 4.69) is 30.9 Å². The molecule has 184 valence electrons. The molecule has 1 saturated heterocycles. The Balaban J connectivity index is 1.52. The fraction of sp³-hybridized carbons (Fsp3) is 0.333. The minimum absolute atomic E-state index is 0.0340. The van der Waals surface area contributed by atoms with Gasteiger partial charge in [-0.05, 0) is 56.6 Å². The first-order valence-electron chi connectivity index (χ1n) is 11.2. The lowest BCUT2D eigenvalue weighted by Crippen LogP contribution is -2.37. The fourth-order valence-electron chi connectivity index (χ4n) is 3.85. The van der Waals surface area contributed by atoms with E-state index in [0.717, 1.165) is 25.5 Å². The standard InChI is InChI=1S/C24H25F3N6O2/c1-15(20-5-3-9-29-20)35-21-12-16(6-7-19(21)24(25,26)27)33-23(34)18-4-2-10-30-22(18)31-13-17-8-11-28-14-32-17/h2,4,6-8,10-12,14-15,20,29H,3,5,9,13H2,1H3,(H,30,31)(H,33,34). The summed E-state index contributed by atoms with van der Waals surface area (Å²) in [6.45, 7) is 2.85. The Kier molecular flexibility index (Phi) is 7.45. The molecule has 1 aliphatic heterocycles. The van der Waals surface area contributed by atoms with Gasteiger partial charge in [0.1, 0.15) is 24.0 Å². The lowest BCUT2D eigenvalue weighted by Gasteiger charge is -2.24. The number of rotatable bonds is 8. The minimum Gasteiger partial charge on any atom is -0.488 e. The second-order valence-corrected chi connectivity index (χ2v) is 8.14. The maximum absolute atomic E-state index is 13.6. The number of halogens is 3. The highest BCUT2D eigenvalue weighted by Gasteiger charge is 2.35. The Bertz CT molecular complexity index is 1150. The van der Waals surface area contributed by atoms with Gasteiger partial charge in [-0.3, -0.25) is 4.79 Å². The van der Waals surface area contributed by atoms with Gasteiger partial charge in [-0.15, -0.1) is 0 Å². The van der Waals surface area contributed by atoms with Crippen molar-refractivity contribution in [3.8, 4) is 5.75 Å². The monoisotopic (exact) mass is 486 g/mol. The van der Waals surface area contributed by atoms with Crippen LogP contribution >= 0.6 is 0 Å². The predicted molar refractivity (Wildman–Crippen MR) is 124 cm³/mol.